The average Bonchev–Trinajstić information content (AvgIpc) is 2.84. The molecule has 0 aliphatic carbocycles. The van der Waals surface area contributed by atoms with Crippen molar-refractivity contribution >= 4 is 17.3 Å². The van der Waals surface area contributed by atoms with Crippen molar-refractivity contribution in [1.29, 1.82) is 0 Å². The van der Waals surface area contributed by atoms with E-state index in [1.54, 1.807) is 0 Å². The highest BCUT2D eigenvalue weighted by atomic mass is 32.1. The van der Waals surface area contributed by atoms with E-state index >= 15 is 0 Å². The van der Waals surface area contributed by atoms with Crippen molar-refractivity contribution in [3.8, 4) is 11.3 Å². The summed E-state index contributed by atoms with van der Waals surface area (Å²) in [4.78, 5) is 16.1. The van der Waals surface area contributed by atoms with Gasteiger partial charge in [-0.2, -0.15) is 0 Å². The molecule has 3 nitrogen and oxygen atoms in total. The molecule has 0 saturated heterocycles. The van der Waals surface area contributed by atoms with Gasteiger partial charge in [-0.3, -0.25) is 0 Å². The van der Waals surface area contributed by atoms with Crippen molar-refractivity contribution in [2.24, 2.45) is 0 Å². The lowest BCUT2D eigenvalue weighted by Crippen LogP contribution is -1.95. The molecule has 0 atom stereocenters. The third kappa shape index (κ3) is 2.84. The first-order chi connectivity index (χ1) is 9.02. The largest absolute Gasteiger partial charge is 0.477 e. The maximum atomic E-state index is 11.3. The van der Waals surface area contributed by atoms with E-state index in [0.717, 1.165) is 17.0 Å². The lowest BCUT2D eigenvalue weighted by Gasteiger charge is -2.01. The molecule has 100 valence electrons. The van der Waals surface area contributed by atoms with E-state index in [9.17, 15) is 9.90 Å². The van der Waals surface area contributed by atoms with Crippen molar-refractivity contribution < 1.29 is 9.90 Å². The highest BCUT2D eigenvalue weighted by Crippen LogP contribution is 2.31. The van der Waals surface area contributed by atoms with Crippen LogP contribution in [0.2, 0.25) is 0 Å². The van der Waals surface area contributed by atoms with Crippen LogP contribution in [0.4, 0.5) is 0 Å². The summed E-state index contributed by atoms with van der Waals surface area (Å²) in [6.45, 7) is 6.14. The Kier molecular flexibility index (Phi) is 4.00. The minimum Gasteiger partial charge on any atom is -0.477 e. The molecule has 0 unspecified atom stereocenters. The fourth-order valence-electron chi connectivity index (χ4n) is 1.82. The van der Waals surface area contributed by atoms with Crippen molar-refractivity contribution in [2.45, 2.75) is 33.1 Å². The van der Waals surface area contributed by atoms with Crippen LogP contribution in [0, 0.1) is 0 Å². The SMILES string of the molecule is CCc1ccc(-c2nc(C(C)C)sc2C(=O)O)cc1. The van der Waals surface area contributed by atoms with E-state index in [2.05, 4.69) is 11.9 Å². The second-order valence-corrected chi connectivity index (χ2v) is 5.77. The van der Waals surface area contributed by atoms with Crippen LogP contribution in [0.1, 0.15) is 46.9 Å². The van der Waals surface area contributed by atoms with Crippen LogP contribution in [-0.4, -0.2) is 16.1 Å². The van der Waals surface area contributed by atoms with E-state index in [1.165, 1.54) is 16.9 Å². The molecule has 0 aliphatic rings. The average molecular weight is 275 g/mol. The van der Waals surface area contributed by atoms with Gasteiger partial charge in [0, 0.05) is 11.5 Å². The Hall–Kier alpha value is -1.68. The van der Waals surface area contributed by atoms with E-state index < -0.39 is 5.97 Å². The topological polar surface area (TPSA) is 50.2 Å². The van der Waals surface area contributed by atoms with Crippen LogP contribution >= 0.6 is 11.3 Å². The fraction of sp³-hybridized carbons (Fsp3) is 0.333. The van der Waals surface area contributed by atoms with Gasteiger partial charge in [-0.05, 0) is 12.0 Å². The normalized spacial score (nSPS) is 10.9. The van der Waals surface area contributed by atoms with Gasteiger partial charge in [0.25, 0.3) is 0 Å². The second-order valence-electron chi connectivity index (χ2n) is 4.74. The molecule has 0 fully saturated rings. The maximum Gasteiger partial charge on any atom is 0.348 e. The van der Waals surface area contributed by atoms with Crippen LogP contribution < -0.4 is 0 Å². The molecule has 1 heterocycles. The summed E-state index contributed by atoms with van der Waals surface area (Å²) in [7, 11) is 0. The quantitative estimate of drug-likeness (QED) is 0.910. The lowest BCUT2D eigenvalue weighted by molar-refractivity contribution is 0.0702. The molecule has 4 heteroatoms. The summed E-state index contributed by atoms with van der Waals surface area (Å²) in [6, 6.07) is 7.94. The first kappa shape index (κ1) is 13.7. The number of aromatic nitrogens is 1. The first-order valence-electron chi connectivity index (χ1n) is 6.36. The van der Waals surface area contributed by atoms with Crippen LogP contribution in [0.3, 0.4) is 0 Å². The number of aryl methyl sites for hydroxylation is 1. The number of nitrogens with zero attached hydrogens (tertiary/aromatic N) is 1. The molecule has 2 aromatic rings. The molecule has 2 rings (SSSR count). The van der Waals surface area contributed by atoms with Gasteiger partial charge in [0.05, 0.1) is 10.7 Å². The number of carboxylic acid groups (broad SMARTS) is 1. The fourth-order valence-corrected chi connectivity index (χ4v) is 2.75. The standard InChI is InChI=1S/C15H17NO2S/c1-4-10-5-7-11(8-6-10)12-13(15(17)18)19-14(16-12)9(2)3/h5-9H,4H2,1-3H3,(H,17,18). The monoisotopic (exact) mass is 275 g/mol. The molecule has 0 amide bonds. The Labute approximate surface area is 116 Å². The third-order valence-corrected chi connectivity index (χ3v) is 4.31. The molecule has 0 bridgehead atoms. The van der Waals surface area contributed by atoms with Crippen LogP contribution in [-0.2, 0) is 6.42 Å². The maximum absolute atomic E-state index is 11.3. The molecule has 1 N–H and O–H groups in total. The highest BCUT2D eigenvalue weighted by Gasteiger charge is 2.19. The smallest absolute Gasteiger partial charge is 0.348 e. The van der Waals surface area contributed by atoms with Crippen molar-refractivity contribution in [3.05, 3.63) is 39.7 Å². The Morgan fingerprint density at radius 3 is 2.42 bits per heavy atom. The zero-order valence-electron chi connectivity index (χ0n) is 11.3. The van der Waals surface area contributed by atoms with Crippen molar-refractivity contribution in [2.75, 3.05) is 0 Å². The van der Waals surface area contributed by atoms with Gasteiger partial charge >= 0.3 is 5.97 Å². The Balaban J connectivity index is 2.49. The number of carbonyl (C=O) groups is 1. The summed E-state index contributed by atoms with van der Waals surface area (Å²) < 4.78 is 0. The summed E-state index contributed by atoms with van der Waals surface area (Å²) in [6.07, 6.45) is 0.973. The van der Waals surface area contributed by atoms with Crippen LogP contribution in [0.25, 0.3) is 11.3 Å². The summed E-state index contributed by atoms with van der Waals surface area (Å²) in [5.41, 5.74) is 2.70. The number of hydrogen-bond acceptors (Lipinski definition) is 3. The minimum absolute atomic E-state index is 0.242. The Bertz CT molecular complexity index is 585. The number of aromatic carboxylic acids is 1. The summed E-state index contributed by atoms with van der Waals surface area (Å²) in [5.74, 6) is -0.661. The van der Waals surface area contributed by atoms with Gasteiger partial charge in [0.1, 0.15) is 4.88 Å². The highest BCUT2D eigenvalue weighted by molar-refractivity contribution is 7.14. The van der Waals surface area contributed by atoms with Crippen molar-refractivity contribution in [1.82, 2.24) is 4.98 Å². The van der Waals surface area contributed by atoms with Gasteiger partial charge in [-0.25, -0.2) is 9.78 Å². The zero-order chi connectivity index (χ0) is 14.0. The van der Waals surface area contributed by atoms with Crippen molar-refractivity contribution in [3.63, 3.8) is 0 Å². The van der Waals surface area contributed by atoms with E-state index in [1.807, 2.05) is 38.1 Å². The molecular weight excluding hydrogens is 258 g/mol. The number of benzene rings is 1. The first-order valence-corrected chi connectivity index (χ1v) is 7.18. The molecular formula is C15H17NO2S. The molecule has 1 aromatic carbocycles. The Morgan fingerprint density at radius 1 is 1.32 bits per heavy atom. The number of rotatable bonds is 4. The third-order valence-electron chi connectivity index (χ3n) is 2.97. The summed E-state index contributed by atoms with van der Waals surface area (Å²) >= 11 is 1.27. The second kappa shape index (κ2) is 5.53. The lowest BCUT2D eigenvalue weighted by atomic mass is 10.1. The van der Waals surface area contributed by atoms with E-state index in [-0.39, 0.29) is 5.92 Å². The van der Waals surface area contributed by atoms with E-state index in [0.29, 0.717) is 10.6 Å². The molecule has 0 aliphatic heterocycles. The molecule has 1 aromatic heterocycles. The number of carboxylic acids is 1. The minimum atomic E-state index is -0.904. The molecule has 19 heavy (non-hydrogen) atoms. The van der Waals surface area contributed by atoms with Gasteiger partial charge in [0.15, 0.2) is 0 Å². The van der Waals surface area contributed by atoms with Crippen LogP contribution in [0.5, 0.6) is 0 Å². The number of hydrogen-bond donors (Lipinski definition) is 1. The Morgan fingerprint density at radius 2 is 1.95 bits per heavy atom. The number of thiazole rings is 1. The van der Waals surface area contributed by atoms with Gasteiger partial charge < -0.3 is 5.11 Å². The predicted molar refractivity (Wildman–Crippen MR) is 78.0 cm³/mol. The van der Waals surface area contributed by atoms with Crippen LogP contribution in [0.15, 0.2) is 24.3 Å². The van der Waals surface area contributed by atoms with E-state index in [4.69, 9.17) is 0 Å². The van der Waals surface area contributed by atoms with Gasteiger partial charge in [-0.1, -0.05) is 45.0 Å². The zero-order valence-corrected chi connectivity index (χ0v) is 12.1. The molecule has 0 saturated carbocycles. The summed E-state index contributed by atoms with van der Waals surface area (Å²) in [5, 5.41) is 10.2. The molecule has 0 radical (unpaired) electrons. The van der Waals surface area contributed by atoms with Gasteiger partial charge in [0.2, 0.25) is 0 Å². The van der Waals surface area contributed by atoms with Gasteiger partial charge in [-0.15, -0.1) is 11.3 Å². The molecule has 0 spiro atoms. The predicted octanol–water partition coefficient (Wildman–Crippen LogP) is 4.19.